The number of amides is 1. The first-order valence-electron chi connectivity index (χ1n) is 10.9. The molecule has 1 aliphatic heterocycles. The van der Waals surface area contributed by atoms with Crippen LogP contribution in [0.25, 0.3) is 11.7 Å². The fourth-order valence-corrected chi connectivity index (χ4v) is 4.05. The SMILES string of the molecule is C/C=C/c1ccc(OCC(=O)N2CCN(Cc3c(C)nc4ccccn34)CC2)c(OC)c1. The molecule has 3 heterocycles. The summed E-state index contributed by atoms with van der Waals surface area (Å²) < 4.78 is 13.4. The monoisotopic (exact) mass is 434 g/mol. The smallest absolute Gasteiger partial charge is 0.260 e. The molecule has 0 spiro atoms. The van der Waals surface area contributed by atoms with Crippen molar-refractivity contribution in [2.45, 2.75) is 20.4 Å². The average Bonchev–Trinajstić information content (AvgIpc) is 3.13. The lowest BCUT2D eigenvalue weighted by atomic mass is 10.2. The molecular weight excluding hydrogens is 404 g/mol. The van der Waals surface area contributed by atoms with Crippen molar-refractivity contribution in [1.82, 2.24) is 19.2 Å². The first kappa shape index (κ1) is 21.9. The Morgan fingerprint density at radius 1 is 1.12 bits per heavy atom. The number of imidazole rings is 1. The summed E-state index contributed by atoms with van der Waals surface area (Å²) in [5, 5.41) is 0. The van der Waals surface area contributed by atoms with E-state index in [1.807, 2.05) is 60.4 Å². The molecule has 3 aromatic rings. The van der Waals surface area contributed by atoms with Gasteiger partial charge in [0.15, 0.2) is 18.1 Å². The van der Waals surface area contributed by atoms with Gasteiger partial charge < -0.3 is 18.8 Å². The number of hydrogen-bond donors (Lipinski definition) is 0. The molecule has 1 aliphatic rings. The molecule has 1 saturated heterocycles. The van der Waals surface area contributed by atoms with Gasteiger partial charge in [-0.25, -0.2) is 4.98 Å². The Morgan fingerprint density at radius 3 is 2.69 bits per heavy atom. The number of hydrogen-bond acceptors (Lipinski definition) is 5. The minimum Gasteiger partial charge on any atom is -0.493 e. The van der Waals surface area contributed by atoms with Gasteiger partial charge in [-0.1, -0.05) is 24.3 Å². The summed E-state index contributed by atoms with van der Waals surface area (Å²) in [6.07, 6.45) is 6.02. The summed E-state index contributed by atoms with van der Waals surface area (Å²) in [4.78, 5) is 21.6. The second kappa shape index (κ2) is 9.87. The van der Waals surface area contributed by atoms with Gasteiger partial charge in [0.2, 0.25) is 0 Å². The van der Waals surface area contributed by atoms with Crippen molar-refractivity contribution in [2.75, 3.05) is 39.9 Å². The number of fused-ring (bicyclic) bond motifs is 1. The van der Waals surface area contributed by atoms with Crippen LogP contribution in [-0.4, -0.2) is 65.0 Å². The van der Waals surface area contributed by atoms with E-state index in [0.717, 1.165) is 36.5 Å². The fourth-order valence-electron chi connectivity index (χ4n) is 4.05. The summed E-state index contributed by atoms with van der Waals surface area (Å²) in [5.74, 6) is 1.20. The number of aryl methyl sites for hydroxylation is 1. The first-order chi connectivity index (χ1) is 15.6. The molecule has 1 amide bonds. The van der Waals surface area contributed by atoms with Crippen molar-refractivity contribution < 1.29 is 14.3 Å². The summed E-state index contributed by atoms with van der Waals surface area (Å²) in [5.41, 5.74) is 4.26. The van der Waals surface area contributed by atoms with E-state index >= 15 is 0 Å². The van der Waals surface area contributed by atoms with Crippen molar-refractivity contribution >= 4 is 17.6 Å². The van der Waals surface area contributed by atoms with Crippen LogP contribution in [0.15, 0.2) is 48.7 Å². The number of methoxy groups -OCH3 is 1. The molecule has 168 valence electrons. The number of piperazine rings is 1. The number of ether oxygens (including phenoxy) is 2. The Bertz CT molecular complexity index is 1110. The highest BCUT2D eigenvalue weighted by Gasteiger charge is 2.23. The van der Waals surface area contributed by atoms with Gasteiger partial charge in [-0.15, -0.1) is 0 Å². The van der Waals surface area contributed by atoms with Gasteiger partial charge in [-0.3, -0.25) is 9.69 Å². The number of benzene rings is 1. The predicted octanol–water partition coefficient (Wildman–Crippen LogP) is 3.41. The van der Waals surface area contributed by atoms with Crippen LogP contribution in [0.3, 0.4) is 0 Å². The molecule has 0 unspecified atom stereocenters. The van der Waals surface area contributed by atoms with Crippen LogP contribution in [0, 0.1) is 6.92 Å². The number of allylic oxidation sites excluding steroid dienone is 1. The van der Waals surface area contributed by atoms with Crippen molar-refractivity contribution in [2.24, 2.45) is 0 Å². The van der Waals surface area contributed by atoms with E-state index in [-0.39, 0.29) is 12.5 Å². The number of pyridine rings is 1. The lowest BCUT2D eigenvalue weighted by molar-refractivity contribution is -0.135. The minimum absolute atomic E-state index is 0.00443. The van der Waals surface area contributed by atoms with Crippen molar-refractivity contribution in [3.63, 3.8) is 0 Å². The molecule has 1 aromatic carbocycles. The number of rotatable bonds is 7. The Morgan fingerprint density at radius 2 is 1.94 bits per heavy atom. The lowest BCUT2D eigenvalue weighted by Crippen LogP contribution is -2.49. The molecular formula is C25H30N4O3. The molecule has 1 fully saturated rings. The van der Waals surface area contributed by atoms with Gasteiger partial charge in [0, 0.05) is 38.9 Å². The van der Waals surface area contributed by atoms with Crippen LogP contribution in [-0.2, 0) is 11.3 Å². The van der Waals surface area contributed by atoms with Crippen molar-refractivity contribution in [3.8, 4) is 11.5 Å². The standard InChI is InChI=1S/C25H30N4O3/c1-4-7-20-9-10-22(23(16-20)31-3)32-18-25(30)28-14-12-27(13-15-28)17-21-19(2)26-24-8-5-6-11-29(21)24/h4-11,16H,12-15,17-18H2,1-3H3/b7-4+. The lowest BCUT2D eigenvalue weighted by Gasteiger charge is -2.34. The van der Waals surface area contributed by atoms with Crippen LogP contribution in [0.1, 0.15) is 23.9 Å². The number of carbonyl (C=O) groups is 1. The molecule has 7 heteroatoms. The third-order valence-corrected chi connectivity index (χ3v) is 5.83. The number of carbonyl (C=O) groups excluding carboxylic acids is 1. The first-order valence-corrected chi connectivity index (χ1v) is 10.9. The van der Waals surface area contributed by atoms with Crippen LogP contribution in [0.2, 0.25) is 0 Å². The van der Waals surface area contributed by atoms with Crippen molar-refractivity contribution in [3.05, 3.63) is 65.6 Å². The van der Waals surface area contributed by atoms with Gasteiger partial charge in [-0.05, 0) is 43.7 Å². The largest absolute Gasteiger partial charge is 0.493 e. The topological polar surface area (TPSA) is 59.3 Å². The molecule has 0 aliphatic carbocycles. The van der Waals surface area contributed by atoms with E-state index in [0.29, 0.717) is 24.6 Å². The predicted molar refractivity (Wildman–Crippen MR) is 125 cm³/mol. The quantitative estimate of drug-likeness (QED) is 0.570. The highest BCUT2D eigenvalue weighted by atomic mass is 16.5. The van der Waals surface area contributed by atoms with Gasteiger partial charge in [0.1, 0.15) is 5.65 Å². The molecule has 0 radical (unpaired) electrons. The van der Waals surface area contributed by atoms with Crippen molar-refractivity contribution in [1.29, 1.82) is 0 Å². The third-order valence-electron chi connectivity index (χ3n) is 5.83. The summed E-state index contributed by atoms with van der Waals surface area (Å²) in [7, 11) is 1.61. The maximum atomic E-state index is 12.7. The molecule has 0 atom stereocenters. The van der Waals surface area contributed by atoms with E-state index in [4.69, 9.17) is 9.47 Å². The zero-order valence-corrected chi connectivity index (χ0v) is 19.0. The normalized spacial score (nSPS) is 14.9. The second-order valence-electron chi connectivity index (χ2n) is 7.93. The summed E-state index contributed by atoms with van der Waals surface area (Å²) in [6.45, 7) is 7.88. The van der Waals surface area contributed by atoms with Gasteiger partial charge >= 0.3 is 0 Å². The van der Waals surface area contributed by atoms with Gasteiger partial charge in [0.25, 0.3) is 5.91 Å². The van der Waals surface area contributed by atoms with Gasteiger partial charge in [0.05, 0.1) is 18.5 Å². The summed E-state index contributed by atoms with van der Waals surface area (Å²) >= 11 is 0. The Labute approximate surface area is 188 Å². The average molecular weight is 435 g/mol. The highest BCUT2D eigenvalue weighted by Crippen LogP contribution is 2.28. The molecule has 32 heavy (non-hydrogen) atoms. The Hall–Kier alpha value is -3.32. The number of nitrogens with zero attached hydrogens (tertiary/aromatic N) is 4. The fraction of sp³-hybridized carbons (Fsp3) is 0.360. The maximum Gasteiger partial charge on any atom is 0.260 e. The number of aromatic nitrogens is 2. The minimum atomic E-state index is -0.00443. The van der Waals surface area contributed by atoms with Crippen LogP contribution in [0.5, 0.6) is 11.5 Å². The maximum absolute atomic E-state index is 12.7. The second-order valence-corrected chi connectivity index (χ2v) is 7.93. The zero-order chi connectivity index (χ0) is 22.5. The van der Waals surface area contributed by atoms with Crippen LogP contribution >= 0.6 is 0 Å². The Balaban J connectivity index is 1.30. The highest BCUT2D eigenvalue weighted by molar-refractivity contribution is 5.78. The molecule has 0 bridgehead atoms. The summed E-state index contributed by atoms with van der Waals surface area (Å²) in [6, 6.07) is 11.7. The van der Waals surface area contributed by atoms with E-state index in [9.17, 15) is 4.79 Å². The molecule has 0 saturated carbocycles. The van der Waals surface area contributed by atoms with E-state index in [2.05, 4.69) is 27.4 Å². The Kier molecular flexibility index (Phi) is 6.75. The molecule has 4 rings (SSSR count). The van der Waals surface area contributed by atoms with E-state index in [1.54, 1.807) is 7.11 Å². The molecule has 0 N–H and O–H groups in total. The zero-order valence-electron chi connectivity index (χ0n) is 19.0. The van der Waals surface area contributed by atoms with Gasteiger partial charge in [-0.2, -0.15) is 0 Å². The van der Waals surface area contributed by atoms with E-state index < -0.39 is 0 Å². The van der Waals surface area contributed by atoms with Crippen LogP contribution < -0.4 is 9.47 Å². The van der Waals surface area contributed by atoms with E-state index in [1.165, 1.54) is 5.69 Å². The molecule has 7 nitrogen and oxygen atoms in total. The van der Waals surface area contributed by atoms with Crippen LogP contribution in [0.4, 0.5) is 0 Å². The third kappa shape index (κ3) is 4.78. The molecule has 2 aromatic heterocycles.